The van der Waals surface area contributed by atoms with Crippen molar-refractivity contribution < 1.29 is 33.0 Å². The molecule has 0 radical (unpaired) electrons. The number of hydrogen-bond donors (Lipinski definition) is 0. The van der Waals surface area contributed by atoms with Gasteiger partial charge in [-0.1, -0.05) is 0 Å². The maximum Gasteiger partial charge on any atom is 0.340 e. The summed E-state index contributed by atoms with van der Waals surface area (Å²) in [5.41, 5.74) is -1.26. The number of carbonyl (C=O) groups excluding carboxylic acids is 3. The van der Waals surface area contributed by atoms with Crippen molar-refractivity contribution in [3.8, 4) is 0 Å². The summed E-state index contributed by atoms with van der Waals surface area (Å²) in [6.45, 7) is 0. The van der Waals surface area contributed by atoms with Crippen LogP contribution in [0.5, 0.6) is 0 Å². The second-order valence-electron chi connectivity index (χ2n) is 3.36. The maximum atomic E-state index is 13.9. The molecular weight excluding hydrogens is 259 g/mol. The van der Waals surface area contributed by atoms with E-state index >= 15 is 0 Å². The van der Waals surface area contributed by atoms with Crippen molar-refractivity contribution >= 4 is 17.9 Å². The van der Waals surface area contributed by atoms with E-state index in [2.05, 4.69) is 14.2 Å². The molecule has 1 aromatic rings. The second-order valence-corrected chi connectivity index (χ2v) is 3.36. The number of rotatable bonds is 3. The normalized spacial score (nSPS) is 9.68. The summed E-state index contributed by atoms with van der Waals surface area (Å²) >= 11 is 0. The van der Waals surface area contributed by atoms with Crippen LogP contribution in [-0.2, 0) is 14.2 Å². The van der Waals surface area contributed by atoms with Gasteiger partial charge in [-0.2, -0.15) is 0 Å². The number of esters is 3. The molecule has 0 unspecified atom stereocenters. The van der Waals surface area contributed by atoms with E-state index in [1.807, 2.05) is 0 Å². The number of halogens is 1. The van der Waals surface area contributed by atoms with E-state index in [0.29, 0.717) is 0 Å². The van der Waals surface area contributed by atoms with Gasteiger partial charge in [0.05, 0.1) is 38.0 Å². The summed E-state index contributed by atoms with van der Waals surface area (Å²) in [4.78, 5) is 34.2. The SMILES string of the molecule is COC(=O)c1cc(C(=O)OC)c(F)c(C(=O)OC)c1. The van der Waals surface area contributed by atoms with Gasteiger partial charge in [0.2, 0.25) is 0 Å². The Morgan fingerprint density at radius 2 is 1.21 bits per heavy atom. The minimum Gasteiger partial charge on any atom is -0.465 e. The summed E-state index contributed by atoms with van der Waals surface area (Å²) in [6.07, 6.45) is 0. The lowest BCUT2D eigenvalue weighted by molar-refractivity contribution is 0.0588. The van der Waals surface area contributed by atoms with Crippen molar-refractivity contribution in [3.63, 3.8) is 0 Å². The van der Waals surface area contributed by atoms with E-state index in [-0.39, 0.29) is 5.56 Å². The molecule has 0 fully saturated rings. The van der Waals surface area contributed by atoms with Crippen molar-refractivity contribution in [3.05, 3.63) is 34.6 Å². The first-order chi connectivity index (χ1) is 8.96. The van der Waals surface area contributed by atoms with Gasteiger partial charge in [-0.05, 0) is 12.1 Å². The molecule has 0 saturated carbocycles. The Balaban J connectivity index is 3.51. The Morgan fingerprint density at radius 1 is 0.842 bits per heavy atom. The number of hydrogen-bond acceptors (Lipinski definition) is 6. The summed E-state index contributed by atoms with van der Waals surface area (Å²) in [5.74, 6) is -3.98. The lowest BCUT2D eigenvalue weighted by Gasteiger charge is -2.08. The topological polar surface area (TPSA) is 78.9 Å². The highest BCUT2D eigenvalue weighted by Crippen LogP contribution is 2.19. The zero-order valence-corrected chi connectivity index (χ0v) is 10.5. The molecule has 0 aliphatic carbocycles. The minimum atomic E-state index is -1.12. The van der Waals surface area contributed by atoms with Gasteiger partial charge in [0.1, 0.15) is 0 Å². The van der Waals surface area contributed by atoms with Crippen LogP contribution < -0.4 is 0 Å². The molecule has 0 aliphatic heterocycles. The third kappa shape index (κ3) is 2.87. The van der Waals surface area contributed by atoms with Gasteiger partial charge in [-0.3, -0.25) is 0 Å². The highest BCUT2D eigenvalue weighted by Gasteiger charge is 2.24. The smallest absolute Gasteiger partial charge is 0.340 e. The zero-order valence-electron chi connectivity index (χ0n) is 10.5. The molecule has 19 heavy (non-hydrogen) atoms. The van der Waals surface area contributed by atoms with Gasteiger partial charge in [0, 0.05) is 0 Å². The van der Waals surface area contributed by atoms with E-state index in [9.17, 15) is 18.8 Å². The van der Waals surface area contributed by atoms with Gasteiger partial charge in [-0.25, -0.2) is 18.8 Å². The molecule has 0 atom stereocenters. The molecule has 0 spiro atoms. The zero-order chi connectivity index (χ0) is 14.6. The van der Waals surface area contributed by atoms with Crippen LogP contribution in [-0.4, -0.2) is 39.2 Å². The summed E-state index contributed by atoms with van der Waals surface area (Å²) in [7, 11) is 3.20. The summed E-state index contributed by atoms with van der Waals surface area (Å²) in [6, 6.07) is 1.89. The fraction of sp³-hybridized carbons (Fsp3) is 0.250. The molecule has 0 amide bonds. The van der Waals surface area contributed by atoms with Crippen LogP contribution in [0.15, 0.2) is 12.1 Å². The molecule has 0 bridgehead atoms. The van der Waals surface area contributed by atoms with Crippen LogP contribution >= 0.6 is 0 Å². The van der Waals surface area contributed by atoms with Gasteiger partial charge in [0.15, 0.2) is 5.82 Å². The predicted molar refractivity (Wildman–Crippen MR) is 60.4 cm³/mol. The number of benzene rings is 1. The van der Waals surface area contributed by atoms with E-state index in [1.165, 1.54) is 0 Å². The lowest BCUT2D eigenvalue weighted by atomic mass is 10.0. The molecule has 0 saturated heterocycles. The first kappa shape index (κ1) is 14.6. The van der Waals surface area contributed by atoms with Crippen molar-refractivity contribution in [2.45, 2.75) is 0 Å². The molecule has 6 nitrogen and oxygen atoms in total. The van der Waals surface area contributed by atoms with Crippen molar-refractivity contribution in [1.82, 2.24) is 0 Å². The molecule has 0 aliphatic rings. The third-order valence-corrected chi connectivity index (χ3v) is 2.30. The van der Waals surface area contributed by atoms with Crippen LogP contribution in [0.25, 0.3) is 0 Å². The third-order valence-electron chi connectivity index (χ3n) is 2.30. The predicted octanol–water partition coefficient (Wildman–Crippen LogP) is 1.19. The van der Waals surface area contributed by atoms with E-state index < -0.39 is 34.9 Å². The lowest BCUT2D eigenvalue weighted by Crippen LogP contribution is -2.14. The first-order valence-corrected chi connectivity index (χ1v) is 5.04. The average molecular weight is 270 g/mol. The molecule has 102 valence electrons. The Kier molecular flexibility index (Phi) is 4.57. The molecule has 0 N–H and O–H groups in total. The van der Waals surface area contributed by atoms with Crippen LogP contribution in [0, 0.1) is 5.82 Å². The molecule has 1 rings (SSSR count). The van der Waals surface area contributed by atoms with Gasteiger partial charge >= 0.3 is 17.9 Å². The highest BCUT2D eigenvalue weighted by molar-refractivity contribution is 6.00. The number of carbonyl (C=O) groups is 3. The maximum absolute atomic E-state index is 13.9. The first-order valence-electron chi connectivity index (χ1n) is 5.04. The second kappa shape index (κ2) is 5.94. The van der Waals surface area contributed by atoms with E-state index in [4.69, 9.17) is 0 Å². The fourth-order valence-corrected chi connectivity index (χ4v) is 1.38. The van der Waals surface area contributed by atoms with Crippen molar-refractivity contribution in [1.29, 1.82) is 0 Å². The standard InChI is InChI=1S/C12H11FO6/c1-17-10(14)6-4-7(11(15)18-2)9(13)8(5-6)12(16)19-3/h4-5H,1-3H3. The Hall–Kier alpha value is -2.44. The quantitative estimate of drug-likeness (QED) is 0.606. The highest BCUT2D eigenvalue weighted by atomic mass is 19.1. The van der Waals surface area contributed by atoms with Crippen LogP contribution in [0.1, 0.15) is 31.1 Å². The van der Waals surface area contributed by atoms with E-state index in [1.54, 1.807) is 0 Å². The van der Waals surface area contributed by atoms with Gasteiger partial charge in [0.25, 0.3) is 0 Å². The van der Waals surface area contributed by atoms with Crippen LogP contribution in [0.4, 0.5) is 4.39 Å². The monoisotopic (exact) mass is 270 g/mol. The molecule has 0 aromatic heterocycles. The summed E-state index contributed by atoms with van der Waals surface area (Å²) < 4.78 is 27.1. The average Bonchev–Trinajstić information content (AvgIpc) is 2.44. The Labute approximate surface area is 108 Å². The van der Waals surface area contributed by atoms with Gasteiger partial charge in [-0.15, -0.1) is 0 Å². The van der Waals surface area contributed by atoms with Crippen molar-refractivity contribution in [2.24, 2.45) is 0 Å². The van der Waals surface area contributed by atoms with Gasteiger partial charge < -0.3 is 14.2 Å². The Morgan fingerprint density at radius 3 is 1.53 bits per heavy atom. The largest absolute Gasteiger partial charge is 0.465 e. The van der Waals surface area contributed by atoms with Crippen LogP contribution in [0.2, 0.25) is 0 Å². The Bertz CT molecular complexity index is 500. The van der Waals surface area contributed by atoms with Crippen molar-refractivity contribution in [2.75, 3.05) is 21.3 Å². The summed E-state index contributed by atoms with van der Waals surface area (Å²) in [5, 5.41) is 0. The van der Waals surface area contributed by atoms with Crippen LogP contribution in [0.3, 0.4) is 0 Å². The molecule has 7 heteroatoms. The number of ether oxygens (including phenoxy) is 3. The molecular formula is C12H11FO6. The number of methoxy groups -OCH3 is 3. The van der Waals surface area contributed by atoms with E-state index in [0.717, 1.165) is 33.5 Å². The fourth-order valence-electron chi connectivity index (χ4n) is 1.38. The molecule has 1 aromatic carbocycles. The molecule has 0 heterocycles. The minimum absolute atomic E-state index is 0.162.